The first-order chi connectivity index (χ1) is 15.6. The van der Waals surface area contributed by atoms with E-state index in [1.165, 1.54) is 18.0 Å². The highest BCUT2D eigenvalue weighted by atomic mass is 35.5. The molecule has 1 heterocycles. The highest BCUT2D eigenvalue weighted by Gasteiger charge is 2.37. The number of benzene rings is 2. The zero-order chi connectivity index (χ0) is 24.2. The number of halogens is 4. The third-order valence-corrected chi connectivity index (χ3v) is 5.47. The van der Waals surface area contributed by atoms with Crippen LogP contribution in [0.25, 0.3) is 0 Å². The number of nitrogens with zero attached hydrogens (tertiary/aromatic N) is 3. The number of hydrogen-bond acceptors (Lipinski definition) is 5. The number of carbonyl (C=O) groups is 2. The van der Waals surface area contributed by atoms with Crippen LogP contribution < -0.4 is 15.0 Å². The predicted molar refractivity (Wildman–Crippen MR) is 115 cm³/mol. The third kappa shape index (κ3) is 5.68. The van der Waals surface area contributed by atoms with Crippen LogP contribution in [0, 0.1) is 11.3 Å². The lowest BCUT2D eigenvalue weighted by Crippen LogP contribution is -2.61. The van der Waals surface area contributed by atoms with Crippen LogP contribution in [0.2, 0.25) is 5.02 Å². The molecule has 1 unspecified atom stereocenters. The van der Waals surface area contributed by atoms with Gasteiger partial charge in [-0.05, 0) is 42.5 Å². The van der Waals surface area contributed by atoms with Crippen molar-refractivity contribution in [3.8, 4) is 11.8 Å². The van der Waals surface area contributed by atoms with E-state index in [9.17, 15) is 22.8 Å². The van der Waals surface area contributed by atoms with E-state index < -0.39 is 35.2 Å². The Balaban J connectivity index is 1.77. The standard InChI is InChI=1S/C22H20ClF3N4O3/c1-28-21(32)19-12-29(16-5-2-14(11-27)18(10-16)22(24,25)26)8-9-30(19)20(31)13-33-17-6-3-15(23)4-7-17/h2-7,10,19H,8-9,12-13H2,1H3,(H,28,32). The molecule has 3 rings (SSSR count). The first-order valence-electron chi connectivity index (χ1n) is 9.89. The number of amides is 2. The lowest BCUT2D eigenvalue weighted by Gasteiger charge is -2.41. The number of piperazine rings is 1. The minimum absolute atomic E-state index is 0.0183. The van der Waals surface area contributed by atoms with Crippen LogP contribution in [0.4, 0.5) is 18.9 Å². The van der Waals surface area contributed by atoms with Crippen molar-refractivity contribution in [2.75, 3.05) is 38.2 Å². The van der Waals surface area contributed by atoms with Gasteiger partial charge in [0.2, 0.25) is 5.91 Å². The molecule has 2 aromatic rings. The van der Waals surface area contributed by atoms with E-state index in [0.29, 0.717) is 10.8 Å². The van der Waals surface area contributed by atoms with Crippen LogP contribution in [-0.4, -0.2) is 56.0 Å². The SMILES string of the molecule is CNC(=O)C1CN(c2ccc(C#N)c(C(F)(F)F)c2)CCN1C(=O)COc1ccc(Cl)cc1. The van der Waals surface area contributed by atoms with Gasteiger partial charge in [0.25, 0.3) is 5.91 Å². The molecule has 1 saturated heterocycles. The Morgan fingerprint density at radius 1 is 1.21 bits per heavy atom. The monoisotopic (exact) mass is 480 g/mol. The van der Waals surface area contributed by atoms with E-state index in [0.717, 1.165) is 12.1 Å². The molecule has 0 spiro atoms. The predicted octanol–water partition coefficient (Wildman–Crippen LogP) is 3.07. The van der Waals surface area contributed by atoms with Gasteiger partial charge in [0, 0.05) is 37.4 Å². The van der Waals surface area contributed by atoms with Crippen LogP contribution in [0.3, 0.4) is 0 Å². The summed E-state index contributed by atoms with van der Waals surface area (Å²) in [7, 11) is 1.41. The number of rotatable bonds is 5. The molecule has 0 aromatic heterocycles. The van der Waals surface area contributed by atoms with Crippen molar-refractivity contribution in [3.63, 3.8) is 0 Å². The summed E-state index contributed by atoms with van der Waals surface area (Å²) in [5, 5.41) is 12.0. The molecule has 0 saturated carbocycles. The molecule has 174 valence electrons. The Labute approximate surface area is 193 Å². The molecule has 2 amide bonds. The van der Waals surface area contributed by atoms with Gasteiger partial charge >= 0.3 is 6.18 Å². The molecule has 7 nitrogen and oxygen atoms in total. The van der Waals surface area contributed by atoms with Crippen LogP contribution in [0.15, 0.2) is 42.5 Å². The van der Waals surface area contributed by atoms with Crippen molar-refractivity contribution in [2.24, 2.45) is 0 Å². The highest BCUT2D eigenvalue weighted by molar-refractivity contribution is 6.30. The molecule has 1 fully saturated rings. The fourth-order valence-electron chi connectivity index (χ4n) is 3.53. The number of ether oxygens (including phenoxy) is 1. The Hall–Kier alpha value is -3.45. The van der Waals surface area contributed by atoms with Crippen molar-refractivity contribution in [1.29, 1.82) is 5.26 Å². The van der Waals surface area contributed by atoms with Gasteiger partial charge in [-0.3, -0.25) is 9.59 Å². The van der Waals surface area contributed by atoms with Crippen molar-refractivity contribution in [2.45, 2.75) is 12.2 Å². The number of nitriles is 1. The number of anilines is 1. The molecule has 1 aliphatic rings. The molecule has 1 atom stereocenters. The van der Waals surface area contributed by atoms with Crippen molar-refractivity contribution >= 4 is 29.1 Å². The number of nitrogens with one attached hydrogen (secondary N) is 1. The number of alkyl halides is 3. The van der Waals surface area contributed by atoms with Crippen molar-refractivity contribution in [3.05, 3.63) is 58.6 Å². The molecule has 1 aliphatic heterocycles. The summed E-state index contributed by atoms with van der Waals surface area (Å²) in [5.41, 5.74) is -1.32. The summed E-state index contributed by atoms with van der Waals surface area (Å²) in [5.74, 6) is -0.460. The molecular weight excluding hydrogens is 461 g/mol. The number of hydrogen-bond donors (Lipinski definition) is 1. The van der Waals surface area contributed by atoms with Gasteiger partial charge in [-0.15, -0.1) is 0 Å². The molecule has 33 heavy (non-hydrogen) atoms. The second-order valence-corrected chi connectivity index (χ2v) is 7.68. The topological polar surface area (TPSA) is 85.7 Å². The zero-order valence-electron chi connectivity index (χ0n) is 17.5. The molecule has 2 aromatic carbocycles. The zero-order valence-corrected chi connectivity index (χ0v) is 18.3. The number of likely N-dealkylation sites (N-methyl/N-ethyl adjacent to an activating group) is 1. The molecular formula is C22H20ClF3N4O3. The van der Waals surface area contributed by atoms with E-state index >= 15 is 0 Å². The van der Waals surface area contributed by atoms with Crippen molar-refractivity contribution < 1.29 is 27.5 Å². The van der Waals surface area contributed by atoms with Gasteiger partial charge in [0.15, 0.2) is 6.61 Å². The van der Waals surface area contributed by atoms with E-state index in [1.807, 2.05) is 0 Å². The Morgan fingerprint density at radius 2 is 1.91 bits per heavy atom. The molecule has 11 heteroatoms. The smallest absolute Gasteiger partial charge is 0.417 e. The van der Waals surface area contributed by atoms with Gasteiger partial charge in [-0.25, -0.2) is 0 Å². The summed E-state index contributed by atoms with van der Waals surface area (Å²) >= 11 is 5.82. The second kappa shape index (κ2) is 10.0. The van der Waals surface area contributed by atoms with Crippen molar-refractivity contribution in [1.82, 2.24) is 10.2 Å². The summed E-state index contributed by atoms with van der Waals surface area (Å²) in [6.07, 6.45) is -4.70. The van der Waals surface area contributed by atoms with Gasteiger partial charge < -0.3 is 19.9 Å². The van der Waals surface area contributed by atoms with E-state index in [1.54, 1.807) is 35.2 Å². The third-order valence-electron chi connectivity index (χ3n) is 5.22. The Morgan fingerprint density at radius 3 is 2.52 bits per heavy atom. The van der Waals surface area contributed by atoms with Gasteiger partial charge in [-0.2, -0.15) is 18.4 Å². The maximum Gasteiger partial charge on any atom is 0.417 e. The van der Waals surface area contributed by atoms with Gasteiger partial charge in [0.05, 0.1) is 17.2 Å². The maximum atomic E-state index is 13.3. The minimum Gasteiger partial charge on any atom is -0.484 e. The fraction of sp³-hybridized carbons (Fsp3) is 0.318. The summed E-state index contributed by atoms with van der Waals surface area (Å²) in [6.45, 7) is -0.0363. The highest BCUT2D eigenvalue weighted by Crippen LogP contribution is 2.35. The van der Waals surface area contributed by atoms with Crippen LogP contribution in [0.1, 0.15) is 11.1 Å². The van der Waals surface area contributed by atoms with Crippen LogP contribution in [0.5, 0.6) is 5.75 Å². The normalized spacial score (nSPS) is 16.2. The Kier molecular flexibility index (Phi) is 7.33. The van der Waals surface area contributed by atoms with E-state index in [2.05, 4.69) is 5.32 Å². The first-order valence-corrected chi connectivity index (χ1v) is 10.3. The molecule has 0 bridgehead atoms. The fourth-order valence-corrected chi connectivity index (χ4v) is 3.65. The molecule has 0 radical (unpaired) electrons. The average Bonchev–Trinajstić information content (AvgIpc) is 2.81. The Bertz CT molecular complexity index is 1070. The summed E-state index contributed by atoms with van der Waals surface area (Å²) < 4.78 is 45.5. The average molecular weight is 481 g/mol. The van der Waals surface area contributed by atoms with Crippen LogP contribution in [-0.2, 0) is 15.8 Å². The van der Waals surface area contributed by atoms with E-state index in [-0.39, 0.29) is 31.9 Å². The number of carbonyl (C=O) groups excluding carboxylic acids is 2. The quantitative estimate of drug-likeness (QED) is 0.711. The van der Waals surface area contributed by atoms with Gasteiger partial charge in [-0.1, -0.05) is 11.6 Å². The lowest BCUT2D eigenvalue weighted by molar-refractivity contribution is -0.142. The summed E-state index contributed by atoms with van der Waals surface area (Å²) in [6, 6.07) is 10.4. The van der Waals surface area contributed by atoms with E-state index in [4.69, 9.17) is 21.6 Å². The van der Waals surface area contributed by atoms with Crippen LogP contribution >= 0.6 is 11.6 Å². The molecule has 1 N–H and O–H groups in total. The second-order valence-electron chi connectivity index (χ2n) is 7.25. The van der Waals surface area contributed by atoms with Gasteiger partial charge in [0.1, 0.15) is 11.8 Å². The first kappa shape index (κ1) is 24.2. The molecule has 0 aliphatic carbocycles. The maximum absolute atomic E-state index is 13.3. The minimum atomic E-state index is -4.70. The summed E-state index contributed by atoms with van der Waals surface area (Å²) in [4.78, 5) is 28.2. The largest absolute Gasteiger partial charge is 0.484 e. The lowest BCUT2D eigenvalue weighted by atomic mass is 10.0.